The van der Waals surface area contributed by atoms with Gasteiger partial charge in [0, 0.05) is 13.1 Å². The van der Waals surface area contributed by atoms with E-state index in [1.807, 2.05) is 18.2 Å². The molecule has 0 aliphatic carbocycles. The van der Waals surface area contributed by atoms with Gasteiger partial charge in [0.05, 0.1) is 16.7 Å². The summed E-state index contributed by atoms with van der Waals surface area (Å²) in [6, 6.07) is 13.3. The van der Waals surface area contributed by atoms with Crippen LogP contribution in [0.25, 0.3) is 10.9 Å². The molecule has 0 bridgehead atoms. The molecule has 0 radical (unpaired) electrons. The van der Waals surface area contributed by atoms with Gasteiger partial charge in [-0.3, -0.25) is 14.2 Å². The molecule has 1 N–H and O–H groups in total. The molecule has 0 spiro atoms. The summed E-state index contributed by atoms with van der Waals surface area (Å²) in [4.78, 5) is 30.1. The number of rotatable bonds is 9. The number of fused-ring (bicyclic) bond motifs is 1. The number of thioether (sulfide) groups is 1. The van der Waals surface area contributed by atoms with E-state index in [2.05, 4.69) is 22.4 Å². The molecule has 0 saturated heterocycles. The normalized spacial score (nSPS) is 11.1. The Morgan fingerprint density at radius 3 is 2.73 bits per heavy atom. The highest BCUT2D eigenvalue weighted by atomic mass is 32.2. The van der Waals surface area contributed by atoms with Crippen LogP contribution in [0.5, 0.6) is 0 Å². The molecule has 4 rings (SSSR count). The van der Waals surface area contributed by atoms with Crippen molar-refractivity contribution in [3.05, 3.63) is 80.3 Å². The highest BCUT2D eigenvalue weighted by molar-refractivity contribution is 7.98. The molecule has 2 aromatic carbocycles. The maximum atomic E-state index is 13.0. The Labute approximate surface area is 198 Å². The van der Waals surface area contributed by atoms with Gasteiger partial charge in [0.25, 0.3) is 11.5 Å². The van der Waals surface area contributed by atoms with Gasteiger partial charge >= 0.3 is 0 Å². The molecule has 4 aromatic rings. The van der Waals surface area contributed by atoms with Crippen LogP contribution in [-0.4, -0.2) is 25.7 Å². The van der Waals surface area contributed by atoms with Gasteiger partial charge in [-0.1, -0.05) is 60.7 Å². The lowest BCUT2D eigenvalue weighted by atomic mass is 10.2. The molecule has 1 amide bonds. The van der Waals surface area contributed by atoms with Crippen molar-refractivity contribution in [1.29, 1.82) is 0 Å². The molecular weight excluding hydrogens is 461 g/mol. The maximum Gasteiger partial charge on any atom is 0.282 e. The third-order valence-electron chi connectivity index (χ3n) is 4.91. The molecule has 10 heteroatoms. The molecule has 0 unspecified atom stereocenters. The van der Waals surface area contributed by atoms with Gasteiger partial charge in [-0.05, 0) is 36.2 Å². The van der Waals surface area contributed by atoms with Crippen molar-refractivity contribution >= 4 is 39.9 Å². The van der Waals surface area contributed by atoms with Crippen LogP contribution in [0.15, 0.2) is 58.5 Å². The molecule has 0 atom stereocenters. The van der Waals surface area contributed by atoms with E-state index in [4.69, 9.17) is 4.98 Å². The number of aromatic nitrogens is 4. The average Bonchev–Trinajstić information content (AvgIpc) is 3.31. The van der Waals surface area contributed by atoms with Crippen molar-refractivity contribution < 1.29 is 9.18 Å². The molecule has 2 aromatic heterocycles. The first-order valence-corrected chi connectivity index (χ1v) is 12.3. The number of amides is 1. The van der Waals surface area contributed by atoms with Gasteiger partial charge in [0.15, 0.2) is 5.16 Å². The molecule has 7 nitrogen and oxygen atoms in total. The predicted molar refractivity (Wildman–Crippen MR) is 128 cm³/mol. The molecular formula is C23H22FN5O2S2. The predicted octanol–water partition coefficient (Wildman–Crippen LogP) is 4.41. The average molecular weight is 484 g/mol. The third-order valence-corrected chi connectivity index (χ3v) is 7.01. The van der Waals surface area contributed by atoms with Crippen LogP contribution >= 0.6 is 23.1 Å². The zero-order valence-electron chi connectivity index (χ0n) is 18.0. The summed E-state index contributed by atoms with van der Waals surface area (Å²) in [7, 11) is 0. The first-order valence-electron chi connectivity index (χ1n) is 10.5. The molecule has 0 aliphatic rings. The summed E-state index contributed by atoms with van der Waals surface area (Å²) in [5.41, 5.74) is 1.41. The standard InChI is InChI=1S/C23H22FN5O2S2/c1-2-3-12-29-22(31)17-6-4-5-7-18(17)26-23(29)32-14-19-27-28-21(33-19)20(30)25-13-15-8-10-16(24)11-9-15/h4-11H,2-3,12-14H2,1H3,(H,25,30). The number of benzene rings is 2. The van der Waals surface area contributed by atoms with Crippen molar-refractivity contribution in [1.82, 2.24) is 25.1 Å². The van der Waals surface area contributed by atoms with Crippen molar-refractivity contribution in [2.75, 3.05) is 0 Å². The SMILES string of the molecule is CCCCn1c(SCc2nnc(C(=O)NCc3ccc(F)cc3)s2)nc2ccccc2c1=O. The lowest BCUT2D eigenvalue weighted by Crippen LogP contribution is -2.23. The Morgan fingerprint density at radius 1 is 1.15 bits per heavy atom. The zero-order valence-corrected chi connectivity index (χ0v) is 19.6. The highest BCUT2D eigenvalue weighted by Gasteiger charge is 2.15. The highest BCUT2D eigenvalue weighted by Crippen LogP contribution is 2.24. The van der Waals surface area contributed by atoms with Crippen LogP contribution in [0.4, 0.5) is 4.39 Å². The second kappa shape index (κ2) is 10.7. The first kappa shape index (κ1) is 23.1. The summed E-state index contributed by atoms with van der Waals surface area (Å²) >= 11 is 2.61. The minimum Gasteiger partial charge on any atom is -0.346 e. The molecule has 0 fully saturated rings. The van der Waals surface area contributed by atoms with Crippen LogP contribution < -0.4 is 10.9 Å². The fraction of sp³-hybridized carbons (Fsp3) is 0.261. The summed E-state index contributed by atoms with van der Waals surface area (Å²) in [6.07, 6.45) is 1.85. The van der Waals surface area contributed by atoms with Gasteiger partial charge in [-0.25, -0.2) is 9.37 Å². The zero-order chi connectivity index (χ0) is 23.2. The molecule has 0 saturated carbocycles. The van der Waals surface area contributed by atoms with Crippen LogP contribution in [0.1, 0.15) is 40.1 Å². The molecule has 2 heterocycles. The minimum absolute atomic E-state index is 0.0466. The number of unbranched alkanes of at least 4 members (excludes halogenated alkanes) is 1. The molecule has 170 valence electrons. The van der Waals surface area contributed by atoms with E-state index in [0.29, 0.717) is 33.4 Å². The topological polar surface area (TPSA) is 89.8 Å². The maximum absolute atomic E-state index is 13.0. The van der Waals surface area contributed by atoms with Crippen LogP contribution in [0.3, 0.4) is 0 Å². The second-order valence-corrected chi connectivity index (χ2v) is 9.33. The van der Waals surface area contributed by atoms with Crippen molar-refractivity contribution in [2.45, 2.75) is 43.8 Å². The van der Waals surface area contributed by atoms with E-state index in [1.165, 1.54) is 35.2 Å². The first-order chi connectivity index (χ1) is 16.0. The summed E-state index contributed by atoms with van der Waals surface area (Å²) in [6.45, 7) is 2.95. The Hall–Kier alpha value is -3.11. The van der Waals surface area contributed by atoms with Gasteiger partial charge in [0.1, 0.15) is 10.8 Å². The lowest BCUT2D eigenvalue weighted by molar-refractivity contribution is 0.0950. The van der Waals surface area contributed by atoms with E-state index in [0.717, 1.165) is 18.4 Å². The van der Waals surface area contributed by atoms with Gasteiger partial charge < -0.3 is 5.32 Å². The number of hydrogen-bond donors (Lipinski definition) is 1. The number of nitrogens with zero attached hydrogens (tertiary/aromatic N) is 4. The van der Waals surface area contributed by atoms with Gasteiger partial charge in [-0.2, -0.15) is 0 Å². The van der Waals surface area contributed by atoms with E-state index in [-0.39, 0.29) is 28.8 Å². The lowest BCUT2D eigenvalue weighted by Gasteiger charge is -2.12. The number of hydrogen-bond acceptors (Lipinski definition) is 7. The number of carbonyl (C=O) groups excluding carboxylic acids is 1. The second-order valence-electron chi connectivity index (χ2n) is 7.32. The van der Waals surface area contributed by atoms with E-state index in [9.17, 15) is 14.0 Å². The number of para-hydroxylation sites is 1. The quantitative estimate of drug-likeness (QED) is 0.280. The monoisotopic (exact) mass is 483 g/mol. The fourth-order valence-electron chi connectivity index (χ4n) is 3.16. The molecule has 33 heavy (non-hydrogen) atoms. The smallest absolute Gasteiger partial charge is 0.282 e. The van der Waals surface area contributed by atoms with Crippen molar-refractivity contribution in [3.8, 4) is 0 Å². The summed E-state index contributed by atoms with van der Waals surface area (Å²) in [5, 5.41) is 13.0. The van der Waals surface area contributed by atoms with Gasteiger partial charge in [-0.15, -0.1) is 10.2 Å². The Morgan fingerprint density at radius 2 is 1.94 bits per heavy atom. The van der Waals surface area contributed by atoms with Crippen LogP contribution in [0, 0.1) is 5.82 Å². The Kier molecular flexibility index (Phi) is 7.46. The van der Waals surface area contributed by atoms with Crippen molar-refractivity contribution in [3.63, 3.8) is 0 Å². The van der Waals surface area contributed by atoms with Crippen molar-refractivity contribution in [2.24, 2.45) is 0 Å². The number of nitrogens with one attached hydrogen (secondary N) is 1. The van der Waals surface area contributed by atoms with E-state index >= 15 is 0 Å². The largest absolute Gasteiger partial charge is 0.346 e. The minimum atomic E-state index is -0.336. The fourth-order valence-corrected chi connectivity index (χ4v) is 4.93. The Bertz CT molecular complexity index is 1320. The summed E-state index contributed by atoms with van der Waals surface area (Å²) in [5.74, 6) is -0.214. The van der Waals surface area contributed by atoms with E-state index < -0.39 is 0 Å². The van der Waals surface area contributed by atoms with Gasteiger partial charge in [0.2, 0.25) is 5.01 Å². The number of carbonyl (C=O) groups is 1. The van der Waals surface area contributed by atoms with Crippen LogP contribution in [-0.2, 0) is 18.8 Å². The van der Waals surface area contributed by atoms with E-state index in [1.54, 1.807) is 22.8 Å². The Balaban J connectivity index is 1.44. The third kappa shape index (κ3) is 5.63. The van der Waals surface area contributed by atoms with Crippen LogP contribution in [0.2, 0.25) is 0 Å². The number of halogens is 1. The summed E-state index contributed by atoms with van der Waals surface area (Å²) < 4.78 is 14.7. The molecule has 0 aliphatic heterocycles.